The van der Waals surface area contributed by atoms with Crippen LogP contribution < -0.4 is 24.3 Å². The monoisotopic (exact) mass is 372 g/mol. The van der Waals surface area contributed by atoms with Gasteiger partial charge < -0.3 is 24.3 Å². The lowest BCUT2D eigenvalue weighted by atomic mass is 10.1. The van der Waals surface area contributed by atoms with Crippen molar-refractivity contribution in [2.45, 2.75) is 6.42 Å². The average Bonchev–Trinajstić information content (AvgIpc) is 3.26. The Balaban J connectivity index is 1.54. The van der Waals surface area contributed by atoms with Crippen LogP contribution in [0.4, 0.5) is 5.13 Å². The second kappa shape index (κ2) is 6.72. The van der Waals surface area contributed by atoms with Crippen molar-refractivity contribution in [2.24, 2.45) is 0 Å². The van der Waals surface area contributed by atoms with Crippen LogP contribution in [0.5, 0.6) is 23.0 Å². The minimum absolute atomic E-state index is 0.166. The minimum Gasteiger partial charge on any atom is -0.495 e. The molecule has 2 heterocycles. The van der Waals surface area contributed by atoms with Gasteiger partial charge in [0.05, 0.1) is 20.6 Å². The molecule has 0 saturated carbocycles. The van der Waals surface area contributed by atoms with Gasteiger partial charge in [-0.2, -0.15) is 0 Å². The van der Waals surface area contributed by atoms with Crippen molar-refractivity contribution in [3.05, 3.63) is 35.9 Å². The van der Waals surface area contributed by atoms with Crippen LogP contribution in [-0.4, -0.2) is 31.9 Å². The van der Waals surface area contributed by atoms with E-state index in [4.69, 9.17) is 18.9 Å². The van der Waals surface area contributed by atoms with Crippen molar-refractivity contribution in [1.29, 1.82) is 0 Å². The van der Waals surface area contributed by atoms with Crippen LogP contribution in [0.25, 0.3) is 10.2 Å². The first kappa shape index (κ1) is 16.5. The fourth-order valence-electron chi connectivity index (χ4n) is 2.74. The maximum absolute atomic E-state index is 12.4. The third kappa shape index (κ3) is 2.99. The van der Waals surface area contributed by atoms with Crippen molar-refractivity contribution >= 4 is 32.6 Å². The summed E-state index contributed by atoms with van der Waals surface area (Å²) in [4.78, 5) is 16.9. The topological polar surface area (TPSA) is 78.9 Å². The number of ether oxygens (including phenoxy) is 4. The third-order valence-corrected chi connectivity index (χ3v) is 4.94. The number of amides is 1. The molecule has 2 aromatic carbocycles. The van der Waals surface area contributed by atoms with Crippen molar-refractivity contribution < 1.29 is 23.7 Å². The number of nitrogens with one attached hydrogen (secondary N) is 1. The van der Waals surface area contributed by atoms with E-state index < -0.39 is 0 Å². The largest absolute Gasteiger partial charge is 0.495 e. The zero-order valence-electron chi connectivity index (χ0n) is 14.2. The maximum Gasteiger partial charge on any atom is 0.231 e. The van der Waals surface area contributed by atoms with Gasteiger partial charge in [0.1, 0.15) is 21.7 Å². The first-order valence-corrected chi connectivity index (χ1v) is 8.69. The zero-order chi connectivity index (χ0) is 18.1. The van der Waals surface area contributed by atoms with Crippen LogP contribution in [0, 0.1) is 0 Å². The van der Waals surface area contributed by atoms with Gasteiger partial charge in [-0.1, -0.05) is 17.4 Å². The molecule has 0 radical (unpaired) electrons. The van der Waals surface area contributed by atoms with Crippen LogP contribution >= 0.6 is 11.3 Å². The van der Waals surface area contributed by atoms with Gasteiger partial charge in [0.25, 0.3) is 0 Å². The van der Waals surface area contributed by atoms with Crippen LogP contribution in [0.2, 0.25) is 0 Å². The molecule has 0 aliphatic carbocycles. The number of carbonyl (C=O) groups excluding carboxylic acids is 1. The molecule has 0 bridgehead atoms. The van der Waals surface area contributed by atoms with E-state index in [2.05, 4.69) is 10.3 Å². The summed E-state index contributed by atoms with van der Waals surface area (Å²) < 4.78 is 22.1. The highest BCUT2D eigenvalue weighted by Gasteiger charge is 2.17. The first-order chi connectivity index (χ1) is 12.7. The molecule has 1 aliphatic heterocycles. The number of aromatic nitrogens is 1. The van der Waals surface area contributed by atoms with Crippen LogP contribution in [0.1, 0.15) is 5.56 Å². The summed E-state index contributed by atoms with van der Waals surface area (Å²) >= 11 is 1.34. The normalized spacial score (nSPS) is 12.2. The Kier molecular flexibility index (Phi) is 4.26. The smallest absolute Gasteiger partial charge is 0.231 e. The minimum atomic E-state index is -0.166. The van der Waals surface area contributed by atoms with Gasteiger partial charge in [-0.05, 0) is 29.8 Å². The number of nitrogens with zero attached hydrogens (tertiary/aromatic N) is 1. The van der Waals surface area contributed by atoms with E-state index in [-0.39, 0.29) is 19.1 Å². The maximum atomic E-state index is 12.4. The van der Waals surface area contributed by atoms with Gasteiger partial charge in [0.2, 0.25) is 12.7 Å². The zero-order valence-corrected chi connectivity index (χ0v) is 15.0. The first-order valence-electron chi connectivity index (χ1n) is 7.88. The van der Waals surface area contributed by atoms with Crippen molar-refractivity contribution in [2.75, 3.05) is 26.3 Å². The van der Waals surface area contributed by atoms with Crippen LogP contribution in [0.15, 0.2) is 30.3 Å². The Morgan fingerprint density at radius 1 is 1.15 bits per heavy atom. The van der Waals surface area contributed by atoms with E-state index in [1.165, 1.54) is 11.3 Å². The van der Waals surface area contributed by atoms with E-state index in [9.17, 15) is 4.79 Å². The highest BCUT2D eigenvalue weighted by Crippen LogP contribution is 2.39. The molecule has 3 aromatic rings. The number of benzene rings is 2. The fraction of sp³-hybridized carbons (Fsp3) is 0.222. The third-order valence-electron chi connectivity index (χ3n) is 3.96. The number of thiazole rings is 1. The van der Waals surface area contributed by atoms with Gasteiger partial charge in [0.15, 0.2) is 16.6 Å². The molecule has 7 nitrogen and oxygen atoms in total. The van der Waals surface area contributed by atoms with Crippen molar-refractivity contribution in [3.63, 3.8) is 0 Å². The molecule has 0 spiro atoms. The van der Waals surface area contributed by atoms with E-state index in [0.717, 1.165) is 10.3 Å². The highest BCUT2D eigenvalue weighted by atomic mass is 32.1. The van der Waals surface area contributed by atoms with Gasteiger partial charge in [-0.3, -0.25) is 4.79 Å². The molecule has 1 N–H and O–H groups in total. The average molecular weight is 372 g/mol. The summed E-state index contributed by atoms with van der Waals surface area (Å²) in [5, 5.41) is 3.33. The second-order valence-electron chi connectivity index (χ2n) is 5.58. The van der Waals surface area contributed by atoms with Gasteiger partial charge in [-0.15, -0.1) is 0 Å². The van der Waals surface area contributed by atoms with Gasteiger partial charge in [-0.25, -0.2) is 4.98 Å². The highest BCUT2D eigenvalue weighted by molar-refractivity contribution is 7.22. The molecule has 0 saturated heterocycles. The van der Waals surface area contributed by atoms with Crippen LogP contribution in [0.3, 0.4) is 0 Å². The predicted octanol–water partition coefficient (Wildman–Crippen LogP) is 3.22. The molecule has 0 atom stereocenters. The molecule has 1 aromatic heterocycles. The van der Waals surface area contributed by atoms with Crippen LogP contribution in [-0.2, 0) is 11.2 Å². The lowest BCUT2D eigenvalue weighted by Gasteiger charge is -2.03. The van der Waals surface area contributed by atoms with E-state index in [1.807, 2.05) is 18.2 Å². The molecular weight excluding hydrogens is 356 g/mol. The quantitative estimate of drug-likeness (QED) is 0.741. The number of rotatable bonds is 5. The number of anilines is 1. The van der Waals surface area contributed by atoms with E-state index in [1.54, 1.807) is 26.4 Å². The molecule has 0 fully saturated rings. The standard InChI is InChI=1S/C18H16N2O5S/c1-22-12-5-6-13(23-2)17-16(12)20-18(26-17)19-15(21)8-10-3-4-11-14(7-10)25-9-24-11/h3-7H,8-9H2,1-2H3,(H,19,20,21). The molecule has 4 rings (SSSR count). The Bertz CT molecular complexity index is 944. The van der Waals surface area contributed by atoms with E-state index in [0.29, 0.717) is 33.6 Å². The molecule has 26 heavy (non-hydrogen) atoms. The molecule has 8 heteroatoms. The Hall–Kier alpha value is -3.00. The molecule has 134 valence electrons. The predicted molar refractivity (Wildman–Crippen MR) is 97.6 cm³/mol. The van der Waals surface area contributed by atoms with E-state index >= 15 is 0 Å². The number of fused-ring (bicyclic) bond motifs is 2. The summed E-state index contributed by atoms with van der Waals surface area (Å²) in [7, 11) is 3.18. The number of hydrogen-bond donors (Lipinski definition) is 1. The fourth-order valence-corrected chi connectivity index (χ4v) is 3.73. The number of carbonyl (C=O) groups is 1. The summed E-state index contributed by atoms with van der Waals surface area (Å²) in [6.07, 6.45) is 0.209. The summed E-state index contributed by atoms with van der Waals surface area (Å²) in [6, 6.07) is 9.07. The van der Waals surface area contributed by atoms with Gasteiger partial charge in [0, 0.05) is 0 Å². The summed E-state index contributed by atoms with van der Waals surface area (Å²) in [5.74, 6) is 2.51. The molecule has 0 unspecified atom stereocenters. The number of methoxy groups -OCH3 is 2. The van der Waals surface area contributed by atoms with Crippen molar-refractivity contribution in [1.82, 2.24) is 4.98 Å². The molecule has 1 amide bonds. The lowest BCUT2D eigenvalue weighted by Crippen LogP contribution is -2.14. The SMILES string of the molecule is COc1ccc(OC)c2sc(NC(=O)Cc3ccc4c(c3)OCO4)nc12. The molecular formula is C18H16N2O5S. The van der Waals surface area contributed by atoms with Crippen molar-refractivity contribution in [3.8, 4) is 23.0 Å². The lowest BCUT2D eigenvalue weighted by molar-refractivity contribution is -0.115. The summed E-state index contributed by atoms with van der Waals surface area (Å²) in [6.45, 7) is 0.209. The molecule has 1 aliphatic rings. The van der Waals surface area contributed by atoms with Gasteiger partial charge >= 0.3 is 0 Å². The summed E-state index contributed by atoms with van der Waals surface area (Å²) in [5.41, 5.74) is 1.50. The Morgan fingerprint density at radius 3 is 2.73 bits per heavy atom. The Labute approximate surface area is 153 Å². The Morgan fingerprint density at radius 2 is 1.92 bits per heavy atom. The number of hydrogen-bond acceptors (Lipinski definition) is 7. The second-order valence-corrected chi connectivity index (χ2v) is 6.58.